The first-order valence-electron chi connectivity index (χ1n) is 7.57. The molecule has 1 amide bonds. The molecule has 1 heterocycles. The van der Waals surface area contributed by atoms with E-state index in [4.69, 9.17) is 5.73 Å². The molecular formula is C19H18N4O. The lowest BCUT2D eigenvalue weighted by Crippen LogP contribution is -2.11. The molecule has 0 unspecified atom stereocenters. The highest BCUT2D eigenvalue weighted by Crippen LogP contribution is 2.21. The summed E-state index contributed by atoms with van der Waals surface area (Å²) in [6, 6.07) is 18.2. The van der Waals surface area contributed by atoms with Gasteiger partial charge in [-0.3, -0.25) is 9.78 Å². The van der Waals surface area contributed by atoms with Gasteiger partial charge in [-0.1, -0.05) is 6.07 Å². The number of carbonyl (C=O) groups is 1. The fourth-order valence-corrected chi connectivity index (χ4v) is 2.30. The van der Waals surface area contributed by atoms with E-state index in [-0.39, 0.29) is 5.91 Å². The lowest BCUT2D eigenvalue weighted by atomic mass is 10.2. The van der Waals surface area contributed by atoms with Crippen molar-refractivity contribution in [3.63, 3.8) is 0 Å². The molecule has 24 heavy (non-hydrogen) atoms. The van der Waals surface area contributed by atoms with Crippen LogP contribution in [-0.2, 0) is 0 Å². The summed E-state index contributed by atoms with van der Waals surface area (Å²) >= 11 is 0. The van der Waals surface area contributed by atoms with E-state index in [0.29, 0.717) is 16.9 Å². The van der Waals surface area contributed by atoms with Crippen molar-refractivity contribution in [3.8, 4) is 0 Å². The van der Waals surface area contributed by atoms with Crippen molar-refractivity contribution in [2.45, 2.75) is 6.92 Å². The first kappa shape index (κ1) is 15.6. The molecule has 4 N–H and O–H groups in total. The molecule has 0 aliphatic heterocycles. The van der Waals surface area contributed by atoms with Gasteiger partial charge in [-0.15, -0.1) is 0 Å². The molecule has 5 heteroatoms. The van der Waals surface area contributed by atoms with Gasteiger partial charge in [-0.05, 0) is 61.5 Å². The number of nitrogens with one attached hydrogen (secondary N) is 2. The summed E-state index contributed by atoms with van der Waals surface area (Å²) in [6.45, 7) is 1.94. The van der Waals surface area contributed by atoms with Gasteiger partial charge in [0.25, 0.3) is 5.91 Å². The number of nitrogens with zero attached hydrogens (tertiary/aromatic N) is 1. The van der Waals surface area contributed by atoms with Crippen molar-refractivity contribution in [2.24, 2.45) is 0 Å². The van der Waals surface area contributed by atoms with Gasteiger partial charge in [0.15, 0.2) is 0 Å². The number of hydrogen-bond donors (Lipinski definition) is 3. The largest absolute Gasteiger partial charge is 0.399 e. The molecule has 3 aromatic rings. The van der Waals surface area contributed by atoms with E-state index >= 15 is 0 Å². The van der Waals surface area contributed by atoms with Crippen molar-refractivity contribution in [3.05, 3.63) is 78.1 Å². The highest BCUT2D eigenvalue weighted by Gasteiger charge is 2.06. The summed E-state index contributed by atoms with van der Waals surface area (Å²) in [6.07, 6.45) is 1.75. The Morgan fingerprint density at radius 2 is 1.67 bits per heavy atom. The number of amides is 1. The van der Waals surface area contributed by atoms with Crippen LogP contribution in [0.3, 0.4) is 0 Å². The number of benzene rings is 2. The number of nitrogen functional groups attached to an aromatic ring is 1. The third-order valence-corrected chi connectivity index (χ3v) is 3.48. The maximum atomic E-state index is 12.3. The third-order valence-electron chi connectivity index (χ3n) is 3.48. The predicted octanol–water partition coefficient (Wildman–Crippen LogP) is 3.97. The third kappa shape index (κ3) is 3.89. The minimum atomic E-state index is -0.174. The van der Waals surface area contributed by atoms with Crippen LogP contribution in [0, 0.1) is 6.92 Å². The van der Waals surface area contributed by atoms with E-state index in [1.165, 1.54) is 0 Å². The zero-order valence-electron chi connectivity index (χ0n) is 13.3. The molecule has 5 nitrogen and oxygen atoms in total. The zero-order chi connectivity index (χ0) is 16.9. The summed E-state index contributed by atoms with van der Waals surface area (Å²) in [5.41, 5.74) is 10.3. The van der Waals surface area contributed by atoms with E-state index in [1.54, 1.807) is 30.5 Å². The van der Waals surface area contributed by atoms with Gasteiger partial charge in [0, 0.05) is 40.2 Å². The predicted molar refractivity (Wildman–Crippen MR) is 97.5 cm³/mol. The first-order valence-corrected chi connectivity index (χ1v) is 7.57. The minimum Gasteiger partial charge on any atom is -0.399 e. The highest BCUT2D eigenvalue weighted by atomic mass is 16.1. The van der Waals surface area contributed by atoms with E-state index < -0.39 is 0 Å². The zero-order valence-corrected chi connectivity index (χ0v) is 13.3. The lowest BCUT2D eigenvalue weighted by Gasteiger charge is -2.10. The minimum absolute atomic E-state index is 0.174. The maximum Gasteiger partial charge on any atom is 0.255 e. The summed E-state index contributed by atoms with van der Waals surface area (Å²) in [7, 11) is 0. The van der Waals surface area contributed by atoms with Gasteiger partial charge in [0.1, 0.15) is 0 Å². The Labute approximate surface area is 140 Å². The molecule has 0 aliphatic rings. The molecule has 0 saturated heterocycles. The molecule has 1 aromatic heterocycles. The van der Waals surface area contributed by atoms with Crippen molar-refractivity contribution in [1.82, 2.24) is 4.98 Å². The smallest absolute Gasteiger partial charge is 0.255 e. The average molecular weight is 318 g/mol. The molecule has 0 saturated carbocycles. The second-order valence-corrected chi connectivity index (χ2v) is 5.47. The van der Waals surface area contributed by atoms with Crippen LogP contribution in [-0.4, -0.2) is 10.9 Å². The SMILES string of the molecule is Cc1cc(Nc2cccc(NC(=O)c3ccc(N)cc3)c2)ccn1. The number of nitrogens with two attached hydrogens (primary N) is 1. The van der Waals surface area contributed by atoms with Crippen LogP contribution in [0.1, 0.15) is 16.1 Å². The van der Waals surface area contributed by atoms with Crippen molar-refractivity contribution < 1.29 is 4.79 Å². The highest BCUT2D eigenvalue weighted by molar-refractivity contribution is 6.04. The quantitative estimate of drug-likeness (QED) is 0.636. The number of carbonyl (C=O) groups excluding carboxylic acids is 1. The second-order valence-electron chi connectivity index (χ2n) is 5.47. The molecule has 0 spiro atoms. The average Bonchev–Trinajstić information content (AvgIpc) is 2.56. The maximum absolute atomic E-state index is 12.3. The molecule has 0 atom stereocenters. The van der Waals surface area contributed by atoms with E-state index in [1.807, 2.05) is 43.3 Å². The standard InChI is InChI=1S/C19H18N4O/c1-13-11-18(9-10-21-13)22-16-3-2-4-17(12-16)23-19(24)14-5-7-15(20)8-6-14/h2-12H,20H2,1H3,(H,21,22)(H,23,24). The summed E-state index contributed by atoms with van der Waals surface area (Å²) < 4.78 is 0. The van der Waals surface area contributed by atoms with Gasteiger partial charge < -0.3 is 16.4 Å². The van der Waals surface area contributed by atoms with Crippen molar-refractivity contribution in [1.29, 1.82) is 0 Å². The van der Waals surface area contributed by atoms with Crippen LogP contribution >= 0.6 is 0 Å². The number of anilines is 4. The topological polar surface area (TPSA) is 80.0 Å². The molecule has 3 rings (SSSR count). The number of hydrogen-bond acceptors (Lipinski definition) is 4. The van der Waals surface area contributed by atoms with Gasteiger partial charge in [0.05, 0.1) is 0 Å². The monoisotopic (exact) mass is 318 g/mol. The van der Waals surface area contributed by atoms with Crippen molar-refractivity contribution >= 4 is 28.7 Å². The fraction of sp³-hybridized carbons (Fsp3) is 0.0526. The number of rotatable bonds is 4. The van der Waals surface area contributed by atoms with Crippen molar-refractivity contribution in [2.75, 3.05) is 16.4 Å². The Morgan fingerprint density at radius 3 is 2.42 bits per heavy atom. The summed E-state index contributed by atoms with van der Waals surface area (Å²) in [5, 5.41) is 6.18. The van der Waals surface area contributed by atoms with Crippen LogP contribution in [0.4, 0.5) is 22.7 Å². The molecule has 0 fully saturated rings. The second kappa shape index (κ2) is 6.83. The molecule has 0 radical (unpaired) electrons. The van der Waals surface area contributed by atoms with E-state index in [0.717, 1.165) is 17.1 Å². The molecule has 2 aromatic carbocycles. The molecule has 0 aliphatic carbocycles. The Bertz CT molecular complexity index is 859. The molecular weight excluding hydrogens is 300 g/mol. The lowest BCUT2D eigenvalue weighted by molar-refractivity contribution is 0.102. The summed E-state index contributed by atoms with van der Waals surface area (Å²) in [4.78, 5) is 16.4. The Kier molecular flexibility index (Phi) is 4.43. The molecule has 120 valence electrons. The van der Waals surface area contributed by atoms with E-state index in [2.05, 4.69) is 15.6 Å². The number of aromatic nitrogens is 1. The normalized spacial score (nSPS) is 10.2. The van der Waals surface area contributed by atoms with Crippen LogP contribution in [0.15, 0.2) is 66.9 Å². The van der Waals surface area contributed by atoms with Crippen LogP contribution < -0.4 is 16.4 Å². The van der Waals surface area contributed by atoms with Gasteiger partial charge in [-0.25, -0.2) is 0 Å². The Balaban J connectivity index is 1.73. The van der Waals surface area contributed by atoms with Crippen LogP contribution in [0.2, 0.25) is 0 Å². The number of pyridine rings is 1. The fourth-order valence-electron chi connectivity index (χ4n) is 2.30. The van der Waals surface area contributed by atoms with E-state index in [9.17, 15) is 4.79 Å². The van der Waals surface area contributed by atoms with Crippen LogP contribution in [0.5, 0.6) is 0 Å². The first-order chi connectivity index (χ1) is 11.6. The number of aryl methyl sites for hydroxylation is 1. The van der Waals surface area contributed by atoms with Gasteiger partial charge in [0.2, 0.25) is 0 Å². The van der Waals surface area contributed by atoms with Gasteiger partial charge >= 0.3 is 0 Å². The molecule has 0 bridgehead atoms. The summed E-state index contributed by atoms with van der Waals surface area (Å²) in [5.74, 6) is -0.174. The Morgan fingerprint density at radius 1 is 0.958 bits per heavy atom. The van der Waals surface area contributed by atoms with Gasteiger partial charge in [-0.2, -0.15) is 0 Å². The van der Waals surface area contributed by atoms with Crippen LogP contribution in [0.25, 0.3) is 0 Å². The Hall–Kier alpha value is -3.34.